The summed E-state index contributed by atoms with van der Waals surface area (Å²) in [5, 5.41) is 12.6. The molecule has 1 heterocycles. The van der Waals surface area contributed by atoms with E-state index in [1.807, 2.05) is 26.0 Å². The van der Waals surface area contributed by atoms with Crippen LogP contribution in [0.2, 0.25) is 0 Å². The molecule has 0 aliphatic heterocycles. The second-order valence-electron chi connectivity index (χ2n) is 6.86. The van der Waals surface area contributed by atoms with Crippen molar-refractivity contribution in [3.63, 3.8) is 0 Å². The second-order valence-corrected chi connectivity index (χ2v) is 6.86. The molecule has 4 heteroatoms. The van der Waals surface area contributed by atoms with Crippen LogP contribution in [-0.2, 0) is 11.3 Å². The molecule has 0 atom stereocenters. The van der Waals surface area contributed by atoms with E-state index < -0.39 is 5.97 Å². The van der Waals surface area contributed by atoms with E-state index in [0.717, 1.165) is 39.3 Å². The lowest BCUT2D eigenvalue weighted by atomic mass is 9.94. The summed E-state index contributed by atoms with van der Waals surface area (Å²) in [5.41, 5.74) is 6.87. The van der Waals surface area contributed by atoms with Crippen molar-refractivity contribution in [1.29, 1.82) is 0 Å². The Labute approximate surface area is 165 Å². The standard InChI is InChI=1S/C24H25NO3/c1-4-18(24(26)27)14-20-12-17(3)23(13-16(20)2)19-7-9-21(10-8-19)25-15-22-6-5-11-28-22/h5-14,25H,4,15H2,1-3H3,(H,26,27)/b18-14+. The van der Waals surface area contributed by atoms with Gasteiger partial charge in [-0.2, -0.15) is 0 Å². The van der Waals surface area contributed by atoms with Crippen molar-refractivity contribution in [2.24, 2.45) is 0 Å². The summed E-state index contributed by atoms with van der Waals surface area (Å²) >= 11 is 0. The number of carboxylic acids is 1. The van der Waals surface area contributed by atoms with E-state index in [1.54, 1.807) is 12.3 Å². The van der Waals surface area contributed by atoms with Crippen LogP contribution in [0, 0.1) is 13.8 Å². The molecule has 0 amide bonds. The molecule has 3 rings (SSSR count). The maximum Gasteiger partial charge on any atom is 0.331 e. The Morgan fingerprint density at radius 2 is 1.86 bits per heavy atom. The van der Waals surface area contributed by atoms with Gasteiger partial charge in [-0.05, 0) is 78.4 Å². The average molecular weight is 375 g/mol. The fourth-order valence-corrected chi connectivity index (χ4v) is 3.18. The summed E-state index contributed by atoms with van der Waals surface area (Å²) in [4.78, 5) is 11.3. The largest absolute Gasteiger partial charge is 0.478 e. The lowest BCUT2D eigenvalue weighted by Crippen LogP contribution is -1.99. The molecular weight excluding hydrogens is 350 g/mol. The highest BCUT2D eigenvalue weighted by Gasteiger charge is 2.09. The Morgan fingerprint density at radius 3 is 2.46 bits per heavy atom. The van der Waals surface area contributed by atoms with Crippen molar-refractivity contribution in [2.45, 2.75) is 33.7 Å². The minimum atomic E-state index is -0.860. The minimum absolute atomic E-state index is 0.419. The van der Waals surface area contributed by atoms with Crippen LogP contribution < -0.4 is 5.32 Å². The highest BCUT2D eigenvalue weighted by atomic mass is 16.4. The Hall–Kier alpha value is -3.27. The lowest BCUT2D eigenvalue weighted by molar-refractivity contribution is -0.132. The van der Waals surface area contributed by atoms with Crippen molar-refractivity contribution < 1.29 is 14.3 Å². The van der Waals surface area contributed by atoms with Crippen molar-refractivity contribution in [2.75, 3.05) is 5.32 Å². The number of hydrogen-bond acceptors (Lipinski definition) is 3. The molecule has 0 aliphatic carbocycles. The van der Waals surface area contributed by atoms with Gasteiger partial charge < -0.3 is 14.8 Å². The predicted molar refractivity (Wildman–Crippen MR) is 113 cm³/mol. The van der Waals surface area contributed by atoms with Gasteiger partial charge in [-0.15, -0.1) is 0 Å². The fraction of sp³-hybridized carbons (Fsp3) is 0.208. The van der Waals surface area contributed by atoms with Gasteiger partial charge in [-0.1, -0.05) is 31.2 Å². The zero-order chi connectivity index (χ0) is 20.1. The molecule has 0 unspecified atom stereocenters. The van der Waals surface area contributed by atoms with Crippen molar-refractivity contribution in [1.82, 2.24) is 0 Å². The van der Waals surface area contributed by atoms with Crippen molar-refractivity contribution >= 4 is 17.7 Å². The van der Waals surface area contributed by atoms with Crippen molar-refractivity contribution in [3.8, 4) is 11.1 Å². The van der Waals surface area contributed by atoms with Crippen LogP contribution in [0.15, 0.2) is 64.8 Å². The van der Waals surface area contributed by atoms with Crippen LogP contribution >= 0.6 is 0 Å². The average Bonchev–Trinajstić information content (AvgIpc) is 3.20. The summed E-state index contributed by atoms with van der Waals surface area (Å²) in [6.07, 6.45) is 3.95. The van der Waals surface area contributed by atoms with E-state index >= 15 is 0 Å². The maximum absolute atomic E-state index is 11.3. The molecular formula is C24H25NO3. The third kappa shape index (κ3) is 4.52. The zero-order valence-corrected chi connectivity index (χ0v) is 16.5. The third-order valence-corrected chi connectivity index (χ3v) is 4.84. The molecule has 0 spiro atoms. The molecule has 0 saturated carbocycles. The normalized spacial score (nSPS) is 11.5. The Bertz CT molecular complexity index is 983. The molecule has 0 saturated heterocycles. The van der Waals surface area contributed by atoms with Gasteiger partial charge in [0.05, 0.1) is 12.8 Å². The highest BCUT2D eigenvalue weighted by Crippen LogP contribution is 2.29. The number of aliphatic carboxylic acids is 1. The number of nitrogens with one attached hydrogen (secondary N) is 1. The molecule has 0 bridgehead atoms. The van der Waals surface area contributed by atoms with Crippen LogP contribution in [0.1, 0.15) is 35.8 Å². The molecule has 0 fully saturated rings. The number of carbonyl (C=O) groups is 1. The Kier molecular flexibility index (Phi) is 5.99. The first-order valence-electron chi connectivity index (χ1n) is 9.39. The van der Waals surface area contributed by atoms with E-state index in [-0.39, 0.29) is 0 Å². The molecule has 0 radical (unpaired) electrons. The van der Waals surface area contributed by atoms with Crippen LogP contribution in [0.5, 0.6) is 0 Å². The molecule has 0 aliphatic rings. The Balaban J connectivity index is 1.81. The summed E-state index contributed by atoms with van der Waals surface area (Å²) < 4.78 is 5.33. The van der Waals surface area contributed by atoms with Gasteiger partial charge in [-0.3, -0.25) is 0 Å². The van der Waals surface area contributed by atoms with Gasteiger partial charge >= 0.3 is 5.97 Å². The van der Waals surface area contributed by atoms with Gasteiger partial charge in [-0.25, -0.2) is 4.79 Å². The van der Waals surface area contributed by atoms with Crippen LogP contribution in [0.3, 0.4) is 0 Å². The number of carboxylic acid groups (broad SMARTS) is 1. The van der Waals surface area contributed by atoms with Gasteiger partial charge in [0.1, 0.15) is 5.76 Å². The monoisotopic (exact) mass is 375 g/mol. The SMILES string of the molecule is CC/C(=C\c1cc(C)c(-c2ccc(NCc3ccco3)cc2)cc1C)C(=O)O. The third-order valence-electron chi connectivity index (χ3n) is 4.84. The molecule has 144 valence electrons. The smallest absolute Gasteiger partial charge is 0.331 e. The molecule has 2 N–H and O–H groups in total. The minimum Gasteiger partial charge on any atom is -0.478 e. The number of hydrogen-bond donors (Lipinski definition) is 2. The highest BCUT2D eigenvalue weighted by molar-refractivity contribution is 5.92. The van der Waals surface area contributed by atoms with E-state index in [2.05, 4.69) is 48.6 Å². The van der Waals surface area contributed by atoms with Crippen LogP contribution in [0.4, 0.5) is 5.69 Å². The number of aryl methyl sites for hydroxylation is 2. The predicted octanol–water partition coefficient (Wildman–Crippen LogP) is 6.05. The van der Waals surface area contributed by atoms with E-state index in [1.165, 1.54) is 0 Å². The van der Waals surface area contributed by atoms with E-state index in [9.17, 15) is 9.90 Å². The lowest BCUT2D eigenvalue weighted by Gasteiger charge is -2.12. The number of furan rings is 1. The first-order chi connectivity index (χ1) is 13.5. The number of rotatable bonds is 7. The van der Waals surface area contributed by atoms with E-state index in [4.69, 9.17) is 4.42 Å². The van der Waals surface area contributed by atoms with Crippen molar-refractivity contribution in [3.05, 3.63) is 82.8 Å². The molecule has 1 aromatic heterocycles. The van der Waals surface area contributed by atoms with Gasteiger partial charge in [0.25, 0.3) is 0 Å². The first kappa shape index (κ1) is 19.5. The summed E-state index contributed by atoms with van der Waals surface area (Å²) in [6, 6.07) is 16.3. The van der Waals surface area contributed by atoms with Gasteiger partial charge in [0.15, 0.2) is 0 Å². The topological polar surface area (TPSA) is 62.5 Å². The Morgan fingerprint density at radius 1 is 1.11 bits per heavy atom. The quantitative estimate of drug-likeness (QED) is 0.493. The number of anilines is 1. The van der Waals surface area contributed by atoms with Crippen LogP contribution in [-0.4, -0.2) is 11.1 Å². The molecule has 2 aromatic carbocycles. The summed E-state index contributed by atoms with van der Waals surface area (Å²) in [5.74, 6) is 0.0354. The summed E-state index contributed by atoms with van der Waals surface area (Å²) in [6.45, 7) is 6.58. The van der Waals surface area contributed by atoms with Crippen LogP contribution in [0.25, 0.3) is 17.2 Å². The number of benzene rings is 2. The molecule has 4 nitrogen and oxygen atoms in total. The van der Waals surface area contributed by atoms with Gasteiger partial charge in [0, 0.05) is 11.3 Å². The fourth-order valence-electron chi connectivity index (χ4n) is 3.18. The maximum atomic E-state index is 11.3. The molecule has 3 aromatic rings. The van der Waals surface area contributed by atoms with Gasteiger partial charge in [0.2, 0.25) is 0 Å². The second kappa shape index (κ2) is 8.61. The van der Waals surface area contributed by atoms with E-state index in [0.29, 0.717) is 18.5 Å². The zero-order valence-electron chi connectivity index (χ0n) is 16.5. The first-order valence-corrected chi connectivity index (χ1v) is 9.39. The molecule has 28 heavy (non-hydrogen) atoms. The summed E-state index contributed by atoms with van der Waals surface area (Å²) in [7, 11) is 0.